The Labute approximate surface area is 193 Å². The number of ether oxygens (including phenoxy) is 1. The molecule has 0 aliphatic carbocycles. The Balaban J connectivity index is 2.02. The number of fused-ring (bicyclic) bond motifs is 1. The standard InChI is InChI=1S/C25H28ClN3O3/c1-25(2,3)29-23(30)21(18-15-17-12-8-9-13-19(17)28-22(18)26)27-20(24(31)32-4)14-16-10-6-5-7-11-16/h5-13,15,20-21,27H,14H2,1-4H3,(H,29,30)/t20-,21-/m0/s1. The largest absolute Gasteiger partial charge is 0.468 e. The van der Waals surface area contributed by atoms with Crippen LogP contribution in [0.15, 0.2) is 60.7 Å². The fourth-order valence-electron chi connectivity index (χ4n) is 3.46. The van der Waals surface area contributed by atoms with Crippen molar-refractivity contribution in [3.63, 3.8) is 0 Å². The van der Waals surface area contributed by atoms with E-state index in [1.807, 2.05) is 81.4 Å². The number of halogens is 1. The Morgan fingerprint density at radius 1 is 1.06 bits per heavy atom. The van der Waals surface area contributed by atoms with E-state index in [1.165, 1.54) is 7.11 Å². The van der Waals surface area contributed by atoms with Gasteiger partial charge in [-0.3, -0.25) is 14.9 Å². The Morgan fingerprint density at radius 2 is 1.72 bits per heavy atom. The van der Waals surface area contributed by atoms with Crippen LogP contribution < -0.4 is 10.6 Å². The van der Waals surface area contributed by atoms with E-state index in [0.717, 1.165) is 16.5 Å². The molecule has 0 saturated heterocycles. The monoisotopic (exact) mass is 453 g/mol. The number of hydrogen-bond donors (Lipinski definition) is 2. The average molecular weight is 454 g/mol. The minimum absolute atomic E-state index is 0.202. The molecule has 6 nitrogen and oxygen atoms in total. The average Bonchev–Trinajstić information content (AvgIpc) is 2.75. The number of esters is 1. The van der Waals surface area contributed by atoms with E-state index < -0.39 is 23.6 Å². The van der Waals surface area contributed by atoms with Crippen LogP contribution in [0.4, 0.5) is 0 Å². The number of pyridine rings is 1. The number of carbonyl (C=O) groups excluding carboxylic acids is 2. The van der Waals surface area contributed by atoms with Crippen molar-refractivity contribution in [1.82, 2.24) is 15.6 Å². The van der Waals surface area contributed by atoms with Gasteiger partial charge in [-0.15, -0.1) is 0 Å². The summed E-state index contributed by atoms with van der Waals surface area (Å²) in [4.78, 5) is 30.4. The summed E-state index contributed by atoms with van der Waals surface area (Å²) in [5.74, 6) is -0.772. The van der Waals surface area contributed by atoms with Crippen LogP contribution in [0.3, 0.4) is 0 Å². The third-order valence-electron chi connectivity index (χ3n) is 4.91. The van der Waals surface area contributed by atoms with Crippen molar-refractivity contribution in [1.29, 1.82) is 0 Å². The van der Waals surface area contributed by atoms with Gasteiger partial charge in [0.25, 0.3) is 0 Å². The van der Waals surface area contributed by atoms with Gasteiger partial charge in [0.15, 0.2) is 0 Å². The molecule has 1 aromatic heterocycles. The lowest BCUT2D eigenvalue weighted by Crippen LogP contribution is -2.51. The number of carbonyl (C=O) groups is 2. The molecular weight excluding hydrogens is 426 g/mol. The molecule has 0 fully saturated rings. The van der Waals surface area contributed by atoms with E-state index >= 15 is 0 Å². The second-order valence-electron chi connectivity index (χ2n) is 8.67. The summed E-state index contributed by atoms with van der Waals surface area (Å²) in [6, 6.07) is 17.2. The first-order chi connectivity index (χ1) is 15.2. The first kappa shape index (κ1) is 23.7. The molecule has 0 spiro atoms. The number of rotatable bonds is 7. The van der Waals surface area contributed by atoms with Gasteiger partial charge < -0.3 is 10.1 Å². The van der Waals surface area contributed by atoms with Gasteiger partial charge >= 0.3 is 5.97 Å². The van der Waals surface area contributed by atoms with Gasteiger partial charge in [-0.1, -0.05) is 60.1 Å². The fourth-order valence-corrected chi connectivity index (χ4v) is 3.72. The summed E-state index contributed by atoms with van der Waals surface area (Å²) in [6.45, 7) is 5.68. The van der Waals surface area contributed by atoms with Crippen molar-refractivity contribution in [3.05, 3.63) is 76.9 Å². The van der Waals surface area contributed by atoms with E-state index in [4.69, 9.17) is 16.3 Å². The third kappa shape index (κ3) is 6.05. The van der Waals surface area contributed by atoms with E-state index in [0.29, 0.717) is 12.0 Å². The lowest BCUT2D eigenvalue weighted by Gasteiger charge is -2.28. The number of methoxy groups -OCH3 is 1. The zero-order chi connectivity index (χ0) is 23.3. The molecule has 32 heavy (non-hydrogen) atoms. The van der Waals surface area contributed by atoms with Crippen molar-refractivity contribution < 1.29 is 14.3 Å². The van der Waals surface area contributed by atoms with Crippen LogP contribution >= 0.6 is 11.6 Å². The summed E-state index contributed by atoms with van der Waals surface area (Å²) < 4.78 is 5.02. The maximum atomic E-state index is 13.3. The first-order valence-corrected chi connectivity index (χ1v) is 10.8. The smallest absolute Gasteiger partial charge is 0.323 e. The molecule has 1 amide bonds. The second-order valence-corrected chi connectivity index (χ2v) is 9.02. The molecule has 0 saturated carbocycles. The molecule has 7 heteroatoms. The molecule has 2 aromatic carbocycles. The topological polar surface area (TPSA) is 80.3 Å². The highest BCUT2D eigenvalue weighted by Crippen LogP contribution is 2.27. The second kappa shape index (κ2) is 10.1. The number of amides is 1. The van der Waals surface area contributed by atoms with Crippen molar-refractivity contribution in [2.45, 2.75) is 44.8 Å². The predicted molar refractivity (Wildman–Crippen MR) is 126 cm³/mol. The summed E-state index contributed by atoms with van der Waals surface area (Å²) >= 11 is 6.52. The molecule has 2 atom stereocenters. The van der Waals surface area contributed by atoms with E-state index in [2.05, 4.69) is 15.6 Å². The van der Waals surface area contributed by atoms with Crippen molar-refractivity contribution >= 4 is 34.4 Å². The Morgan fingerprint density at radius 3 is 2.38 bits per heavy atom. The van der Waals surface area contributed by atoms with Crippen LogP contribution in [0.5, 0.6) is 0 Å². The summed E-state index contributed by atoms with van der Waals surface area (Å²) in [5, 5.41) is 7.22. The zero-order valence-corrected chi connectivity index (χ0v) is 19.4. The molecule has 3 aromatic rings. The van der Waals surface area contributed by atoms with Crippen LogP contribution in [0.2, 0.25) is 5.15 Å². The highest BCUT2D eigenvalue weighted by Gasteiger charge is 2.32. The normalized spacial score (nSPS) is 13.4. The lowest BCUT2D eigenvalue weighted by molar-refractivity contribution is -0.143. The van der Waals surface area contributed by atoms with Gasteiger partial charge in [-0.05, 0) is 44.9 Å². The van der Waals surface area contributed by atoms with Gasteiger partial charge in [0, 0.05) is 16.5 Å². The van der Waals surface area contributed by atoms with Crippen LogP contribution in [0.25, 0.3) is 10.9 Å². The number of hydrogen-bond acceptors (Lipinski definition) is 5. The van der Waals surface area contributed by atoms with E-state index in [9.17, 15) is 9.59 Å². The first-order valence-electron chi connectivity index (χ1n) is 10.4. The van der Waals surface area contributed by atoms with Crippen molar-refractivity contribution in [2.24, 2.45) is 0 Å². The van der Waals surface area contributed by atoms with Crippen LogP contribution in [-0.2, 0) is 20.7 Å². The van der Waals surface area contributed by atoms with Crippen molar-refractivity contribution in [3.8, 4) is 0 Å². The maximum Gasteiger partial charge on any atom is 0.323 e. The summed E-state index contributed by atoms with van der Waals surface area (Å²) in [5.41, 5.74) is 1.68. The third-order valence-corrected chi connectivity index (χ3v) is 5.21. The van der Waals surface area contributed by atoms with E-state index in [-0.39, 0.29) is 11.1 Å². The molecule has 0 aliphatic rings. The van der Waals surface area contributed by atoms with Gasteiger partial charge in [0.05, 0.1) is 12.6 Å². The molecule has 0 bridgehead atoms. The quantitative estimate of drug-likeness (QED) is 0.413. The lowest BCUT2D eigenvalue weighted by atomic mass is 10.00. The number of nitrogens with one attached hydrogen (secondary N) is 2. The van der Waals surface area contributed by atoms with Gasteiger partial charge in [-0.25, -0.2) is 4.98 Å². The molecule has 3 rings (SSSR count). The van der Waals surface area contributed by atoms with Gasteiger partial charge in [-0.2, -0.15) is 0 Å². The van der Waals surface area contributed by atoms with Gasteiger partial charge in [0.2, 0.25) is 5.91 Å². The Hall–Kier alpha value is -2.96. The zero-order valence-electron chi connectivity index (χ0n) is 18.7. The predicted octanol–water partition coefficient (Wildman–Crippen LogP) is 4.22. The molecule has 0 aliphatic heterocycles. The van der Waals surface area contributed by atoms with Crippen LogP contribution in [0, 0.1) is 0 Å². The molecule has 1 heterocycles. The molecular formula is C25H28ClN3O3. The van der Waals surface area contributed by atoms with Crippen molar-refractivity contribution in [2.75, 3.05) is 7.11 Å². The highest BCUT2D eigenvalue weighted by molar-refractivity contribution is 6.31. The number of benzene rings is 2. The SMILES string of the molecule is COC(=O)[C@H](Cc1ccccc1)N[C@H](C(=O)NC(C)(C)C)c1cc2ccccc2nc1Cl. The minimum atomic E-state index is -0.911. The maximum absolute atomic E-state index is 13.3. The van der Waals surface area contributed by atoms with E-state index in [1.54, 1.807) is 0 Å². The summed E-state index contributed by atoms with van der Waals surface area (Å²) in [7, 11) is 1.33. The molecule has 2 N–H and O–H groups in total. The molecule has 168 valence electrons. The number of para-hydroxylation sites is 1. The highest BCUT2D eigenvalue weighted by atomic mass is 35.5. The van der Waals surface area contributed by atoms with Crippen LogP contribution in [-0.4, -0.2) is 35.6 Å². The Bertz CT molecular complexity index is 1100. The number of nitrogens with zero attached hydrogens (tertiary/aromatic N) is 1. The minimum Gasteiger partial charge on any atom is -0.468 e. The van der Waals surface area contributed by atoms with Gasteiger partial charge in [0.1, 0.15) is 17.2 Å². The Kier molecular flexibility index (Phi) is 7.48. The fraction of sp³-hybridized carbons (Fsp3) is 0.320. The molecule has 0 radical (unpaired) electrons. The van der Waals surface area contributed by atoms with Crippen LogP contribution in [0.1, 0.15) is 37.9 Å². The summed E-state index contributed by atoms with van der Waals surface area (Å²) in [6.07, 6.45) is 0.353. The number of aromatic nitrogens is 1. The molecule has 0 unspecified atom stereocenters.